The molecule has 78 valence electrons. The van der Waals surface area contributed by atoms with Gasteiger partial charge in [0, 0.05) is 22.3 Å². The average molecular weight is 217 g/mol. The Balaban J connectivity index is 2.01. The van der Waals surface area contributed by atoms with E-state index in [1.54, 1.807) is 0 Å². The molecule has 2 aliphatic carbocycles. The number of hydrogen-bond donors (Lipinski definition) is 1. The van der Waals surface area contributed by atoms with Gasteiger partial charge in [-0.05, 0) is 24.3 Å². The predicted octanol–water partition coefficient (Wildman–Crippen LogP) is 2.98. The van der Waals surface area contributed by atoms with Gasteiger partial charge in [-0.15, -0.1) is 11.8 Å². The van der Waals surface area contributed by atoms with E-state index in [-0.39, 0.29) is 4.75 Å². The maximum Gasteiger partial charge on any atom is 0.0426 e. The Bertz CT molecular complexity index is 416. The lowest BCUT2D eigenvalue weighted by molar-refractivity contribution is 0.428. The van der Waals surface area contributed by atoms with E-state index in [0.29, 0.717) is 11.8 Å². The Morgan fingerprint density at radius 3 is 3.13 bits per heavy atom. The fourth-order valence-electron chi connectivity index (χ4n) is 2.77. The SMILES string of the molecule is CC12C=CC=CC1C1CC(N)=CC=C1S2. The first kappa shape index (κ1) is 9.34. The summed E-state index contributed by atoms with van der Waals surface area (Å²) in [6, 6.07) is 0. The molecule has 0 aromatic heterocycles. The molecule has 0 bridgehead atoms. The highest BCUT2D eigenvalue weighted by atomic mass is 32.2. The van der Waals surface area contributed by atoms with Crippen LogP contribution < -0.4 is 5.73 Å². The minimum Gasteiger partial charge on any atom is -0.402 e. The summed E-state index contributed by atoms with van der Waals surface area (Å²) >= 11 is 2.01. The summed E-state index contributed by atoms with van der Waals surface area (Å²) in [5.41, 5.74) is 6.95. The quantitative estimate of drug-likeness (QED) is 0.675. The molecule has 2 N–H and O–H groups in total. The standard InChI is InChI=1S/C13H15NS/c1-13-7-3-2-4-11(13)10-8-9(14)5-6-12(10)15-13/h2-7,10-11H,8,14H2,1H3. The number of nitrogens with two attached hydrogens (primary N) is 1. The maximum atomic E-state index is 5.92. The van der Waals surface area contributed by atoms with Gasteiger partial charge in [0.1, 0.15) is 0 Å². The lowest BCUT2D eigenvalue weighted by Gasteiger charge is -2.29. The Morgan fingerprint density at radius 2 is 2.27 bits per heavy atom. The Hall–Kier alpha value is -0.890. The van der Waals surface area contributed by atoms with Crippen molar-refractivity contribution in [1.29, 1.82) is 0 Å². The van der Waals surface area contributed by atoms with Gasteiger partial charge in [0.15, 0.2) is 0 Å². The van der Waals surface area contributed by atoms with E-state index in [2.05, 4.69) is 43.4 Å². The van der Waals surface area contributed by atoms with Crippen LogP contribution in [-0.2, 0) is 0 Å². The van der Waals surface area contributed by atoms with Crippen molar-refractivity contribution in [3.63, 3.8) is 0 Å². The van der Waals surface area contributed by atoms with Crippen molar-refractivity contribution in [2.24, 2.45) is 17.6 Å². The van der Waals surface area contributed by atoms with Crippen LogP contribution in [0.1, 0.15) is 13.3 Å². The summed E-state index contributed by atoms with van der Waals surface area (Å²) in [7, 11) is 0. The van der Waals surface area contributed by atoms with Gasteiger partial charge in [-0.1, -0.05) is 30.4 Å². The Morgan fingerprint density at radius 1 is 1.40 bits per heavy atom. The first-order valence-corrected chi connectivity index (χ1v) is 6.22. The fraction of sp³-hybridized carbons (Fsp3) is 0.385. The van der Waals surface area contributed by atoms with Crippen molar-refractivity contribution in [3.05, 3.63) is 47.1 Å². The largest absolute Gasteiger partial charge is 0.402 e. The van der Waals surface area contributed by atoms with Crippen molar-refractivity contribution in [3.8, 4) is 0 Å². The zero-order valence-corrected chi connectivity index (χ0v) is 9.63. The van der Waals surface area contributed by atoms with Crippen LogP contribution >= 0.6 is 11.8 Å². The molecule has 3 unspecified atom stereocenters. The van der Waals surface area contributed by atoms with E-state index in [9.17, 15) is 0 Å². The van der Waals surface area contributed by atoms with E-state index in [4.69, 9.17) is 5.73 Å². The third-order valence-electron chi connectivity index (χ3n) is 3.57. The van der Waals surface area contributed by atoms with Crippen molar-refractivity contribution < 1.29 is 0 Å². The molecule has 2 heteroatoms. The van der Waals surface area contributed by atoms with E-state index in [0.717, 1.165) is 12.1 Å². The Kier molecular flexibility index (Phi) is 1.90. The van der Waals surface area contributed by atoms with Gasteiger partial charge < -0.3 is 5.73 Å². The summed E-state index contributed by atoms with van der Waals surface area (Å²) in [5, 5.41) is 0. The Labute approximate surface area is 94.8 Å². The molecule has 1 aliphatic heterocycles. The van der Waals surface area contributed by atoms with Gasteiger partial charge in [0.05, 0.1) is 0 Å². The van der Waals surface area contributed by atoms with Gasteiger partial charge in [-0.25, -0.2) is 0 Å². The van der Waals surface area contributed by atoms with E-state index < -0.39 is 0 Å². The highest BCUT2D eigenvalue weighted by Gasteiger charge is 2.47. The molecule has 0 aromatic carbocycles. The highest BCUT2D eigenvalue weighted by Crippen LogP contribution is 2.58. The van der Waals surface area contributed by atoms with Crippen LogP contribution in [0.25, 0.3) is 0 Å². The van der Waals surface area contributed by atoms with Gasteiger partial charge in [-0.2, -0.15) is 0 Å². The van der Waals surface area contributed by atoms with Crippen molar-refractivity contribution in [2.45, 2.75) is 18.1 Å². The minimum absolute atomic E-state index is 0.254. The van der Waals surface area contributed by atoms with Crippen LogP contribution in [0.2, 0.25) is 0 Å². The predicted molar refractivity (Wildman–Crippen MR) is 66.2 cm³/mol. The van der Waals surface area contributed by atoms with Gasteiger partial charge >= 0.3 is 0 Å². The number of fused-ring (bicyclic) bond motifs is 3. The van der Waals surface area contributed by atoms with Crippen LogP contribution in [0.4, 0.5) is 0 Å². The van der Waals surface area contributed by atoms with E-state index in [1.165, 1.54) is 4.91 Å². The molecule has 3 aliphatic rings. The summed E-state index contributed by atoms with van der Waals surface area (Å²) in [6.07, 6.45) is 14.3. The first-order chi connectivity index (χ1) is 7.19. The van der Waals surface area contributed by atoms with Crippen LogP contribution in [0.5, 0.6) is 0 Å². The van der Waals surface area contributed by atoms with Crippen LogP contribution in [0.15, 0.2) is 47.1 Å². The van der Waals surface area contributed by atoms with Crippen LogP contribution in [-0.4, -0.2) is 4.75 Å². The summed E-state index contributed by atoms with van der Waals surface area (Å²) in [6.45, 7) is 2.33. The highest BCUT2D eigenvalue weighted by molar-refractivity contribution is 8.04. The third-order valence-corrected chi connectivity index (χ3v) is 5.10. The molecule has 3 rings (SSSR count). The molecule has 0 radical (unpaired) electrons. The number of hydrogen-bond acceptors (Lipinski definition) is 2. The zero-order chi connectivity index (χ0) is 10.5. The first-order valence-electron chi connectivity index (χ1n) is 5.40. The molecule has 0 aromatic rings. The van der Waals surface area contributed by atoms with Crippen LogP contribution in [0, 0.1) is 11.8 Å². The number of rotatable bonds is 0. The van der Waals surface area contributed by atoms with Gasteiger partial charge in [0.25, 0.3) is 0 Å². The van der Waals surface area contributed by atoms with Crippen molar-refractivity contribution in [1.82, 2.24) is 0 Å². The second-order valence-electron chi connectivity index (χ2n) is 4.68. The molecule has 1 saturated heterocycles. The topological polar surface area (TPSA) is 26.0 Å². The van der Waals surface area contributed by atoms with Crippen LogP contribution in [0.3, 0.4) is 0 Å². The summed E-state index contributed by atoms with van der Waals surface area (Å²) < 4.78 is 0.254. The molecule has 0 spiro atoms. The molecule has 1 nitrogen and oxygen atoms in total. The summed E-state index contributed by atoms with van der Waals surface area (Å²) in [5.74, 6) is 1.23. The number of allylic oxidation sites excluding steroid dienone is 7. The minimum atomic E-state index is 0.254. The molecule has 3 atom stereocenters. The molecule has 15 heavy (non-hydrogen) atoms. The monoisotopic (exact) mass is 217 g/mol. The van der Waals surface area contributed by atoms with Crippen molar-refractivity contribution >= 4 is 11.8 Å². The second kappa shape index (κ2) is 3.05. The molecule has 0 amide bonds. The van der Waals surface area contributed by atoms with Crippen molar-refractivity contribution in [2.75, 3.05) is 0 Å². The molecule has 1 heterocycles. The second-order valence-corrected chi connectivity index (χ2v) is 6.23. The van der Waals surface area contributed by atoms with E-state index >= 15 is 0 Å². The lowest BCUT2D eigenvalue weighted by Crippen LogP contribution is -2.28. The summed E-state index contributed by atoms with van der Waals surface area (Å²) in [4.78, 5) is 1.51. The molecule has 0 saturated carbocycles. The van der Waals surface area contributed by atoms with Gasteiger partial charge in [0.2, 0.25) is 0 Å². The lowest BCUT2D eigenvalue weighted by atomic mass is 9.76. The molecular weight excluding hydrogens is 202 g/mol. The maximum absolute atomic E-state index is 5.92. The average Bonchev–Trinajstić information content (AvgIpc) is 2.50. The normalized spacial score (nSPS) is 41.9. The van der Waals surface area contributed by atoms with Gasteiger partial charge in [-0.3, -0.25) is 0 Å². The fourth-order valence-corrected chi connectivity index (χ4v) is 4.32. The van der Waals surface area contributed by atoms with E-state index in [1.807, 2.05) is 11.8 Å². The smallest absolute Gasteiger partial charge is 0.0426 e. The zero-order valence-electron chi connectivity index (χ0n) is 8.81. The molecule has 1 fully saturated rings. The number of thioether (sulfide) groups is 1. The third kappa shape index (κ3) is 1.31. The molecular formula is C13H15NS.